The molecule has 1 atom stereocenters. The molecule has 0 saturated carbocycles. The summed E-state index contributed by atoms with van der Waals surface area (Å²) in [5.41, 5.74) is 4.14. The molecule has 7 heteroatoms. The number of para-hydroxylation sites is 2. The number of aromatic nitrogens is 4. The number of hydrogen-bond acceptors (Lipinski definition) is 4. The van der Waals surface area contributed by atoms with Crippen LogP contribution >= 0.6 is 11.8 Å². The molecule has 2 aromatic heterocycles. The van der Waals surface area contributed by atoms with Gasteiger partial charge in [0.15, 0.2) is 5.16 Å². The number of fused-ring (bicyclic) bond motifs is 1. The predicted molar refractivity (Wildman–Crippen MR) is 109 cm³/mol. The summed E-state index contributed by atoms with van der Waals surface area (Å²) < 4.78 is 9.93. The minimum Gasteiger partial charge on any atom is -0.376 e. The molecule has 0 aliphatic carbocycles. The lowest BCUT2D eigenvalue weighted by molar-refractivity contribution is 0.0945. The lowest BCUT2D eigenvalue weighted by Crippen LogP contribution is -2.17. The molecule has 1 saturated heterocycles. The predicted octanol–water partition coefficient (Wildman–Crippen LogP) is 3.50. The van der Waals surface area contributed by atoms with Gasteiger partial charge < -0.3 is 14.3 Å². The van der Waals surface area contributed by atoms with E-state index in [1.165, 1.54) is 5.69 Å². The Kier molecular flexibility index (Phi) is 5.41. The fourth-order valence-electron chi connectivity index (χ4n) is 3.66. The van der Waals surface area contributed by atoms with Crippen molar-refractivity contribution in [3.63, 3.8) is 0 Å². The number of ether oxygens (including phenoxy) is 1. The molecule has 1 fully saturated rings. The molecule has 3 heterocycles. The van der Waals surface area contributed by atoms with Gasteiger partial charge in [0.05, 0.1) is 29.4 Å². The number of thioether (sulfide) groups is 1. The molecule has 1 unspecified atom stereocenters. The van der Waals surface area contributed by atoms with Gasteiger partial charge in [-0.1, -0.05) is 23.9 Å². The lowest BCUT2D eigenvalue weighted by atomic mass is 10.2. The number of aryl methyl sites for hydroxylation is 2. The summed E-state index contributed by atoms with van der Waals surface area (Å²) in [4.78, 5) is 19.8. The Morgan fingerprint density at radius 1 is 1.30 bits per heavy atom. The van der Waals surface area contributed by atoms with Crippen molar-refractivity contribution in [2.24, 2.45) is 0 Å². The first-order valence-corrected chi connectivity index (χ1v) is 10.6. The first kappa shape index (κ1) is 18.4. The van der Waals surface area contributed by atoms with Crippen molar-refractivity contribution in [3.05, 3.63) is 46.1 Å². The van der Waals surface area contributed by atoms with Gasteiger partial charge in [-0.05, 0) is 45.2 Å². The van der Waals surface area contributed by atoms with Crippen LogP contribution in [0.4, 0.5) is 0 Å². The van der Waals surface area contributed by atoms with Crippen molar-refractivity contribution in [3.8, 4) is 0 Å². The van der Waals surface area contributed by atoms with Crippen LogP contribution in [0.2, 0.25) is 0 Å². The van der Waals surface area contributed by atoms with Crippen LogP contribution in [-0.4, -0.2) is 37.6 Å². The van der Waals surface area contributed by atoms with Crippen LogP contribution in [0.1, 0.15) is 30.7 Å². The first-order chi connectivity index (χ1) is 13.1. The van der Waals surface area contributed by atoms with E-state index in [4.69, 9.17) is 9.72 Å². The molecule has 0 bridgehead atoms. The molecule has 1 aliphatic heterocycles. The molecular formula is C20H26N4O2S. The van der Waals surface area contributed by atoms with Gasteiger partial charge in [-0.2, -0.15) is 0 Å². The summed E-state index contributed by atoms with van der Waals surface area (Å²) in [5.74, 6) is 0.924. The maximum atomic E-state index is 12.2. The SMILES string of the molecule is Cc1nc(SCCCn2c(=O)[nH]c3ccccc32)n(CC2CCCO2)c1C. The largest absolute Gasteiger partial charge is 0.376 e. The lowest BCUT2D eigenvalue weighted by Gasteiger charge is -2.14. The highest BCUT2D eigenvalue weighted by Gasteiger charge is 2.20. The molecule has 0 amide bonds. The topological polar surface area (TPSA) is 64.8 Å². The fraction of sp³-hybridized carbons (Fsp3) is 0.500. The number of imidazole rings is 2. The average molecular weight is 387 g/mol. The van der Waals surface area contributed by atoms with E-state index < -0.39 is 0 Å². The zero-order valence-electron chi connectivity index (χ0n) is 15.9. The van der Waals surface area contributed by atoms with Crippen LogP contribution in [0.15, 0.2) is 34.2 Å². The molecule has 3 aromatic rings. The minimum absolute atomic E-state index is 0.0345. The average Bonchev–Trinajstić information content (AvgIpc) is 3.34. The molecule has 0 radical (unpaired) electrons. The van der Waals surface area contributed by atoms with E-state index in [0.717, 1.165) is 60.1 Å². The number of hydrogen-bond donors (Lipinski definition) is 1. The third-order valence-electron chi connectivity index (χ3n) is 5.27. The van der Waals surface area contributed by atoms with Crippen molar-refractivity contribution in [2.75, 3.05) is 12.4 Å². The Labute approximate surface area is 162 Å². The summed E-state index contributed by atoms with van der Waals surface area (Å²) in [5, 5.41) is 1.06. The van der Waals surface area contributed by atoms with E-state index in [2.05, 4.69) is 23.4 Å². The number of nitrogens with one attached hydrogen (secondary N) is 1. The molecule has 0 spiro atoms. The minimum atomic E-state index is -0.0345. The van der Waals surface area contributed by atoms with E-state index in [1.807, 2.05) is 28.8 Å². The van der Waals surface area contributed by atoms with Crippen molar-refractivity contribution in [1.29, 1.82) is 0 Å². The Balaban J connectivity index is 1.39. The summed E-state index contributed by atoms with van der Waals surface area (Å²) in [6, 6.07) is 7.84. The molecule has 1 N–H and O–H groups in total. The zero-order valence-corrected chi connectivity index (χ0v) is 16.7. The van der Waals surface area contributed by atoms with Gasteiger partial charge in [0, 0.05) is 24.6 Å². The second-order valence-corrected chi connectivity index (χ2v) is 8.17. The van der Waals surface area contributed by atoms with Crippen LogP contribution in [0, 0.1) is 13.8 Å². The molecule has 1 aromatic carbocycles. The first-order valence-electron chi connectivity index (χ1n) is 9.59. The molecule has 1 aliphatic rings. The Hall–Kier alpha value is -1.99. The number of rotatable bonds is 7. The maximum Gasteiger partial charge on any atom is 0.326 e. The number of nitrogens with zero attached hydrogens (tertiary/aromatic N) is 3. The second kappa shape index (κ2) is 7.94. The molecule has 6 nitrogen and oxygen atoms in total. The van der Waals surface area contributed by atoms with Crippen LogP contribution in [0.5, 0.6) is 0 Å². The van der Waals surface area contributed by atoms with E-state index >= 15 is 0 Å². The van der Waals surface area contributed by atoms with Crippen LogP contribution in [0.3, 0.4) is 0 Å². The monoisotopic (exact) mass is 386 g/mol. The highest BCUT2D eigenvalue weighted by Crippen LogP contribution is 2.25. The van der Waals surface area contributed by atoms with Gasteiger partial charge in [0.25, 0.3) is 0 Å². The second-order valence-electron chi connectivity index (χ2n) is 7.11. The van der Waals surface area contributed by atoms with E-state index in [0.29, 0.717) is 12.6 Å². The van der Waals surface area contributed by atoms with Crippen LogP contribution in [-0.2, 0) is 17.8 Å². The number of aromatic amines is 1. The van der Waals surface area contributed by atoms with Crippen molar-refractivity contribution < 1.29 is 4.74 Å². The smallest absolute Gasteiger partial charge is 0.326 e. The van der Waals surface area contributed by atoms with Crippen molar-refractivity contribution in [1.82, 2.24) is 19.1 Å². The van der Waals surface area contributed by atoms with Gasteiger partial charge in [-0.3, -0.25) is 4.57 Å². The maximum absolute atomic E-state index is 12.2. The van der Waals surface area contributed by atoms with E-state index in [1.54, 1.807) is 11.8 Å². The molecule has 27 heavy (non-hydrogen) atoms. The third kappa shape index (κ3) is 3.84. The highest BCUT2D eigenvalue weighted by atomic mass is 32.2. The Bertz CT molecular complexity index is 982. The number of H-pyrrole nitrogens is 1. The standard InChI is InChI=1S/C20H26N4O2S/c1-14-15(2)24(13-16-7-5-11-26-16)20(21-14)27-12-6-10-23-18-9-4-3-8-17(18)22-19(23)25/h3-4,8-9,16H,5-7,10-13H2,1-2H3,(H,22,25). The Morgan fingerprint density at radius 2 is 2.15 bits per heavy atom. The highest BCUT2D eigenvalue weighted by molar-refractivity contribution is 7.99. The van der Waals surface area contributed by atoms with Gasteiger partial charge in [0.2, 0.25) is 0 Å². The zero-order chi connectivity index (χ0) is 18.8. The van der Waals surface area contributed by atoms with Gasteiger partial charge in [-0.15, -0.1) is 0 Å². The van der Waals surface area contributed by atoms with E-state index in [9.17, 15) is 4.79 Å². The Morgan fingerprint density at radius 3 is 2.96 bits per heavy atom. The van der Waals surface area contributed by atoms with Gasteiger partial charge in [0.1, 0.15) is 0 Å². The van der Waals surface area contributed by atoms with Crippen molar-refractivity contribution >= 4 is 22.8 Å². The van der Waals surface area contributed by atoms with Crippen molar-refractivity contribution in [2.45, 2.75) is 57.5 Å². The summed E-state index contributed by atoms with van der Waals surface area (Å²) in [6.07, 6.45) is 3.50. The van der Waals surface area contributed by atoms with Gasteiger partial charge >= 0.3 is 5.69 Å². The molecule has 144 valence electrons. The quantitative estimate of drug-likeness (QED) is 0.499. The summed E-state index contributed by atoms with van der Waals surface area (Å²) in [7, 11) is 0. The fourth-order valence-corrected chi connectivity index (χ4v) is 4.68. The summed E-state index contributed by atoms with van der Waals surface area (Å²) in [6.45, 7) is 6.67. The third-order valence-corrected chi connectivity index (χ3v) is 6.33. The normalized spacial score (nSPS) is 17.2. The van der Waals surface area contributed by atoms with Crippen LogP contribution < -0.4 is 5.69 Å². The van der Waals surface area contributed by atoms with Crippen LogP contribution in [0.25, 0.3) is 11.0 Å². The summed E-state index contributed by atoms with van der Waals surface area (Å²) >= 11 is 1.77. The molecule has 4 rings (SSSR count). The van der Waals surface area contributed by atoms with Gasteiger partial charge in [-0.25, -0.2) is 9.78 Å². The van der Waals surface area contributed by atoms with E-state index in [-0.39, 0.29) is 5.69 Å². The molecular weight excluding hydrogens is 360 g/mol. The number of benzene rings is 1.